The third-order valence-electron chi connectivity index (χ3n) is 3.16. The minimum absolute atomic E-state index is 0.246. The summed E-state index contributed by atoms with van der Waals surface area (Å²) in [4.78, 5) is 33.7. The van der Waals surface area contributed by atoms with Crippen molar-refractivity contribution in [3.8, 4) is 0 Å². The highest BCUT2D eigenvalue weighted by Gasteiger charge is 2.50. The maximum Gasteiger partial charge on any atom is 0.303 e. The van der Waals surface area contributed by atoms with Crippen LogP contribution in [0.2, 0.25) is 0 Å². The minimum Gasteiger partial charge on any atom is -0.463 e. The average Bonchev–Trinajstić information content (AvgIpc) is 2.48. The van der Waals surface area contributed by atoms with Crippen molar-refractivity contribution >= 4 is 17.9 Å². The normalized spacial score (nSPS) is 29.6. The van der Waals surface area contributed by atoms with E-state index in [1.807, 2.05) is 6.92 Å². The SMILES string of the molecule is CCCO[C@@H]1O[C@H](COC(C)=O)[C@@H](OC(C)=O)[C@H](OC(C)=O)[C@H]1O. The minimum atomic E-state index is -1.36. The number of aliphatic hydroxyl groups is 1. The van der Waals surface area contributed by atoms with Crippen molar-refractivity contribution in [2.45, 2.75) is 64.8 Å². The van der Waals surface area contributed by atoms with Crippen molar-refractivity contribution in [1.29, 1.82) is 0 Å². The van der Waals surface area contributed by atoms with Crippen LogP contribution in [0.4, 0.5) is 0 Å². The molecule has 0 aliphatic carbocycles. The van der Waals surface area contributed by atoms with Gasteiger partial charge < -0.3 is 28.8 Å². The molecule has 1 heterocycles. The summed E-state index contributed by atoms with van der Waals surface area (Å²) >= 11 is 0. The molecule has 1 aliphatic heterocycles. The summed E-state index contributed by atoms with van der Waals surface area (Å²) in [6.07, 6.45) is -5.09. The molecule has 1 rings (SSSR count). The molecule has 0 spiro atoms. The molecule has 24 heavy (non-hydrogen) atoms. The number of rotatable bonds is 7. The molecule has 138 valence electrons. The molecule has 0 amide bonds. The Balaban J connectivity index is 3.01. The van der Waals surface area contributed by atoms with Gasteiger partial charge in [0.05, 0.1) is 0 Å². The Kier molecular flexibility index (Phi) is 8.09. The van der Waals surface area contributed by atoms with Gasteiger partial charge in [-0.25, -0.2) is 0 Å². The van der Waals surface area contributed by atoms with Crippen LogP contribution in [0, 0.1) is 0 Å². The molecule has 0 bridgehead atoms. The summed E-state index contributed by atoms with van der Waals surface area (Å²) in [5, 5.41) is 10.4. The van der Waals surface area contributed by atoms with Gasteiger partial charge in [-0.1, -0.05) is 6.92 Å². The van der Waals surface area contributed by atoms with Gasteiger partial charge in [0.2, 0.25) is 0 Å². The van der Waals surface area contributed by atoms with Crippen LogP contribution in [0.5, 0.6) is 0 Å². The van der Waals surface area contributed by atoms with E-state index in [9.17, 15) is 19.5 Å². The van der Waals surface area contributed by atoms with Gasteiger partial charge in [-0.3, -0.25) is 14.4 Å². The molecule has 5 atom stereocenters. The second kappa shape index (κ2) is 9.55. The maximum atomic E-state index is 11.3. The summed E-state index contributed by atoms with van der Waals surface area (Å²) < 4.78 is 26.1. The lowest BCUT2D eigenvalue weighted by Crippen LogP contribution is -2.61. The summed E-state index contributed by atoms with van der Waals surface area (Å²) in [6, 6.07) is 0. The third-order valence-corrected chi connectivity index (χ3v) is 3.16. The van der Waals surface area contributed by atoms with Crippen molar-refractivity contribution in [2.24, 2.45) is 0 Å². The lowest BCUT2D eigenvalue weighted by molar-refractivity contribution is -0.305. The highest BCUT2D eigenvalue weighted by Crippen LogP contribution is 2.27. The fraction of sp³-hybridized carbons (Fsp3) is 0.800. The zero-order valence-electron chi connectivity index (χ0n) is 14.2. The molecule has 0 aromatic heterocycles. The Morgan fingerprint density at radius 3 is 2.08 bits per heavy atom. The van der Waals surface area contributed by atoms with Gasteiger partial charge in [-0.05, 0) is 6.42 Å². The highest BCUT2D eigenvalue weighted by atomic mass is 16.7. The molecule has 1 aliphatic rings. The highest BCUT2D eigenvalue weighted by molar-refractivity contribution is 5.67. The van der Waals surface area contributed by atoms with Crippen molar-refractivity contribution in [3.05, 3.63) is 0 Å². The van der Waals surface area contributed by atoms with Gasteiger partial charge in [-0.2, -0.15) is 0 Å². The first-order valence-electron chi connectivity index (χ1n) is 7.69. The predicted octanol–water partition coefficient (Wildman–Crippen LogP) is -0.0747. The molecule has 9 nitrogen and oxygen atoms in total. The fourth-order valence-electron chi connectivity index (χ4n) is 2.26. The standard InChI is InChI=1S/C15H24O9/c1-5-6-20-15-12(19)14(23-10(4)18)13(22-9(3)17)11(24-15)7-21-8(2)16/h11-15,19H,5-7H2,1-4H3/t11-,12-,13-,14-,15-/m1/s1. The largest absolute Gasteiger partial charge is 0.463 e. The zero-order valence-corrected chi connectivity index (χ0v) is 14.2. The van der Waals surface area contributed by atoms with Crippen molar-refractivity contribution in [2.75, 3.05) is 13.2 Å². The van der Waals surface area contributed by atoms with Gasteiger partial charge >= 0.3 is 17.9 Å². The second-order valence-electron chi connectivity index (χ2n) is 5.35. The van der Waals surface area contributed by atoms with Crippen molar-refractivity contribution < 1.29 is 43.2 Å². The van der Waals surface area contributed by atoms with Crippen LogP contribution in [0.1, 0.15) is 34.1 Å². The summed E-state index contributed by atoms with van der Waals surface area (Å²) in [7, 11) is 0. The van der Waals surface area contributed by atoms with Gasteiger partial charge in [-0.15, -0.1) is 0 Å². The van der Waals surface area contributed by atoms with E-state index in [1.54, 1.807) is 0 Å². The van der Waals surface area contributed by atoms with Crippen molar-refractivity contribution in [1.82, 2.24) is 0 Å². The molecule has 0 radical (unpaired) electrons. The van der Waals surface area contributed by atoms with Gasteiger partial charge in [0.15, 0.2) is 18.5 Å². The number of carbonyl (C=O) groups excluding carboxylic acids is 3. The number of carbonyl (C=O) groups is 3. The Labute approximate surface area is 140 Å². The first-order valence-corrected chi connectivity index (χ1v) is 7.69. The van der Waals surface area contributed by atoms with Crippen LogP contribution < -0.4 is 0 Å². The van der Waals surface area contributed by atoms with Crippen LogP contribution in [0.3, 0.4) is 0 Å². The zero-order chi connectivity index (χ0) is 18.3. The first-order chi connectivity index (χ1) is 11.3. The number of aliphatic hydroxyl groups excluding tert-OH is 1. The van der Waals surface area contributed by atoms with E-state index >= 15 is 0 Å². The summed E-state index contributed by atoms with van der Waals surface area (Å²) in [6.45, 7) is 5.47. The van der Waals surface area contributed by atoms with Gasteiger partial charge in [0.25, 0.3) is 0 Å². The van der Waals surface area contributed by atoms with Crippen LogP contribution in [0.15, 0.2) is 0 Å². The van der Waals surface area contributed by atoms with Crippen molar-refractivity contribution in [3.63, 3.8) is 0 Å². The Bertz CT molecular complexity index is 450. The second-order valence-corrected chi connectivity index (χ2v) is 5.35. The topological polar surface area (TPSA) is 118 Å². The molecular weight excluding hydrogens is 324 g/mol. The van der Waals surface area contributed by atoms with E-state index in [2.05, 4.69) is 0 Å². The number of esters is 3. The monoisotopic (exact) mass is 348 g/mol. The molecular formula is C15H24O9. The Morgan fingerprint density at radius 1 is 1.00 bits per heavy atom. The summed E-state index contributed by atoms with van der Waals surface area (Å²) in [5.41, 5.74) is 0. The maximum absolute atomic E-state index is 11.3. The van der Waals surface area contributed by atoms with Crippen LogP contribution >= 0.6 is 0 Å². The number of hydrogen-bond donors (Lipinski definition) is 1. The number of ether oxygens (including phenoxy) is 5. The molecule has 0 aromatic carbocycles. The van der Waals surface area contributed by atoms with Gasteiger partial charge in [0.1, 0.15) is 18.8 Å². The first kappa shape index (κ1) is 20.3. The van der Waals surface area contributed by atoms with Crippen LogP contribution in [-0.4, -0.2) is 66.9 Å². The molecule has 1 fully saturated rings. The van der Waals surface area contributed by atoms with E-state index in [1.165, 1.54) is 13.8 Å². The molecule has 0 aromatic rings. The van der Waals surface area contributed by atoms with E-state index in [4.69, 9.17) is 23.7 Å². The van der Waals surface area contributed by atoms with E-state index in [-0.39, 0.29) is 6.61 Å². The number of hydrogen-bond acceptors (Lipinski definition) is 9. The molecule has 9 heteroatoms. The third kappa shape index (κ3) is 6.06. The van der Waals surface area contributed by atoms with E-state index in [0.717, 1.165) is 6.92 Å². The van der Waals surface area contributed by atoms with Crippen LogP contribution in [-0.2, 0) is 38.1 Å². The average molecular weight is 348 g/mol. The smallest absolute Gasteiger partial charge is 0.303 e. The lowest BCUT2D eigenvalue weighted by Gasteiger charge is -2.42. The molecule has 0 saturated carbocycles. The fourth-order valence-corrected chi connectivity index (χ4v) is 2.26. The quantitative estimate of drug-likeness (QED) is 0.498. The molecule has 0 unspecified atom stereocenters. The summed E-state index contributed by atoms with van der Waals surface area (Å²) in [5.74, 6) is -1.88. The lowest BCUT2D eigenvalue weighted by atomic mass is 9.98. The van der Waals surface area contributed by atoms with E-state index < -0.39 is 48.6 Å². The Hall–Kier alpha value is -1.71. The van der Waals surface area contributed by atoms with E-state index in [0.29, 0.717) is 13.0 Å². The predicted molar refractivity (Wildman–Crippen MR) is 78.7 cm³/mol. The Morgan fingerprint density at radius 2 is 1.58 bits per heavy atom. The van der Waals surface area contributed by atoms with Gasteiger partial charge in [0, 0.05) is 27.4 Å². The van der Waals surface area contributed by atoms with Crippen LogP contribution in [0.25, 0.3) is 0 Å². The molecule has 1 N–H and O–H groups in total. The molecule has 1 saturated heterocycles.